The van der Waals surface area contributed by atoms with Crippen molar-refractivity contribution < 1.29 is 91.6 Å². The minimum absolute atomic E-state index is 0. The monoisotopic (exact) mass is 423 g/mol. The molecule has 0 atom stereocenters. The van der Waals surface area contributed by atoms with E-state index < -0.39 is 17.8 Å². The van der Waals surface area contributed by atoms with Gasteiger partial charge in [0.15, 0.2) is 5.78 Å². The normalized spacial score (nSPS) is 10.6. The van der Waals surface area contributed by atoms with Crippen LogP contribution in [0.3, 0.4) is 0 Å². The topological polar surface area (TPSA) is 161 Å². The van der Waals surface area contributed by atoms with Crippen molar-refractivity contribution >= 4 is 35.0 Å². The first-order chi connectivity index (χ1) is 10.5. The average Bonchev–Trinajstić information content (AvgIpc) is 2.87. The first kappa shape index (κ1) is 27.8. The first-order valence-electron chi connectivity index (χ1n) is 5.90. The van der Waals surface area contributed by atoms with Crippen molar-refractivity contribution in [3.8, 4) is 0 Å². The molecule has 0 unspecified atom stereocenters. The SMILES string of the molecule is NS(=O)(=O)c1ccsc1C(=O)Cc1ccccc1.O=P([O-])([O-])O.[Na+].[Na+]. The van der Waals surface area contributed by atoms with E-state index in [4.69, 9.17) is 24.4 Å². The number of Topliss-reactive ketones (excluding diaryl/α,β-unsaturated/α-hetero) is 1. The average molecular weight is 423 g/mol. The second kappa shape index (κ2) is 12.1. The number of sulfonamides is 1. The third-order valence-corrected chi connectivity index (χ3v) is 4.43. The number of hydrogen-bond acceptors (Lipinski definition) is 7. The van der Waals surface area contributed by atoms with Crippen LogP contribution in [0.25, 0.3) is 0 Å². The second-order valence-corrected chi connectivity index (χ2v) is 7.60. The predicted octanol–water partition coefficient (Wildman–Crippen LogP) is -6.36. The van der Waals surface area contributed by atoms with Crippen molar-refractivity contribution in [3.63, 3.8) is 0 Å². The summed E-state index contributed by atoms with van der Waals surface area (Å²) in [6.45, 7) is 0. The Labute approximate surface area is 193 Å². The Bertz CT molecular complexity index is 813. The minimum Gasteiger partial charge on any atom is -0.790 e. The molecule has 0 aliphatic rings. The number of ketones is 1. The van der Waals surface area contributed by atoms with Crippen LogP contribution in [0.2, 0.25) is 0 Å². The van der Waals surface area contributed by atoms with Crippen LogP contribution in [-0.2, 0) is 21.0 Å². The van der Waals surface area contributed by atoms with Crippen molar-refractivity contribution in [1.82, 2.24) is 0 Å². The maximum atomic E-state index is 12.0. The molecule has 0 fully saturated rings. The smallest absolute Gasteiger partial charge is 0.790 e. The largest absolute Gasteiger partial charge is 1.00 e. The zero-order valence-corrected chi connectivity index (χ0v) is 20.0. The molecule has 126 valence electrons. The molecule has 0 saturated carbocycles. The van der Waals surface area contributed by atoms with E-state index in [0.717, 1.165) is 16.9 Å². The summed E-state index contributed by atoms with van der Waals surface area (Å²) in [5, 5.41) is 6.61. The minimum atomic E-state index is -5.14. The van der Waals surface area contributed by atoms with Gasteiger partial charge in [0, 0.05) is 6.42 Å². The molecule has 0 saturated heterocycles. The van der Waals surface area contributed by atoms with Gasteiger partial charge < -0.3 is 19.2 Å². The third-order valence-electron chi connectivity index (χ3n) is 2.40. The Morgan fingerprint density at radius 1 is 1.16 bits per heavy atom. The van der Waals surface area contributed by atoms with Crippen molar-refractivity contribution in [2.24, 2.45) is 5.14 Å². The van der Waals surface area contributed by atoms with Gasteiger partial charge >= 0.3 is 59.1 Å². The van der Waals surface area contributed by atoms with Gasteiger partial charge in [0.2, 0.25) is 10.0 Å². The molecule has 8 nitrogen and oxygen atoms in total. The quantitative estimate of drug-likeness (QED) is 0.281. The molecule has 0 aliphatic heterocycles. The molecule has 1 aromatic carbocycles. The number of benzene rings is 1. The Balaban J connectivity index is 0. The van der Waals surface area contributed by atoms with Crippen molar-refractivity contribution in [2.75, 3.05) is 0 Å². The van der Waals surface area contributed by atoms with Gasteiger partial charge in [-0.3, -0.25) is 4.79 Å². The molecule has 1 heterocycles. The van der Waals surface area contributed by atoms with Crippen LogP contribution >= 0.6 is 19.2 Å². The van der Waals surface area contributed by atoms with Gasteiger partial charge in [0.1, 0.15) is 4.90 Å². The summed E-state index contributed by atoms with van der Waals surface area (Å²) in [6.07, 6.45) is 0.171. The molecule has 13 heteroatoms. The van der Waals surface area contributed by atoms with E-state index in [1.807, 2.05) is 30.3 Å². The summed E-state index contributed by atoms with van der Waals surface area (Å²) in [4.78, 5) is 36.4. The molecule has 0 radical (unpaired) electrons. The van der Waals surface area contributed by atoms with Crippen molar-refractivity contribution in [3.05, 3.63) is 52.2 Å². The van der Waals surface area contributed by atoms with Crippen molar-refractivity contribution in [1.29, 1.82) is 0 Å². The number of primary sulfonamides is 1. The van der Waals surface area contributed by atoms with Gasteiger partial charge in [-0.1, -0.05) is 30.3 Å². The maximum Gasteiger partial charge on any atom is 1.00 e. The van der Waals surface area contributed by atoms with Crippen LogP contribution in [0.5, 0.6) is 0 Å². The zero-order chi connectivity index (χ0) is 17.7. The molecule has 3 N–H and O–H groups in total. The van der Waals surface area contributed by atoms with Gasteiger partial charge in [-0.05, 0) is 17.0 Å². The van der Waals surface area contributed by atoms with E-state index in [2.05, 4.69) is 0 Å². The van der Waals surface area contributed by atoms with E-state index in [0.29, 0.717) is 0 Å². The fraction of sp³-hybridized carbons (Fsp3) is 0.0833. The summed E-state index contributed by atoms with van der Waals surface area (Å²) in [5.74, 6) is -0.236. The van der Waals surface area contributed by atoms with Crippen LogP contribution in [-0.4, -0.2) is 19.1 Å². The molecule has 25 heavy (non-hydrogen) atoms. The van der Waals surface area contributed by atoms with Crippen LogP contribution in [0, 0.1) is 0 Å². The molecule has 0 aliphatic carbocycles. The van der Waals surface area contributed by atoms with Gasteiger partial charge in [0.25, 0.3) is 0 Å². The predicted molar refractivity (Wildman–Crippen MR) is 80.0 cm³/mol. The molecular weight excluding hydrogens is 411 g/mol. The molecule has 0 bridgehead atoms. The van der Waals surface area contributed by atoms with Gasteiger partial charge in [-0.25, -0.2) is 13.6 Å². The molecule has 0 spiro atoms. The Hall–Kier alpha value is 0.610. The first-order valence-corrected chi connectivity index (χ1v) is 9.83. The fourth-order valence-corrected chi connectivity index (χ4v) is 3.52. The van der Waals surface area contributed by atoms with E-state index in [1.165, 1.54) is 6.07 Å². The number of rotatable bonds is 4. The standard InChI is InChI=1S/C12H11NO3S2.2Na.H3O4P/c13-18(15,16)11-6-7-17-12(11)10(14)8-9-4-2-1-3-5-9;;;1-5(2,3)4/h1-7H,8H2,(H2,13,15,16);;;(H3,1,2,3,4)/q;2*+1;/p-2. The molecular formula is C12H12NNa2O7PS2. The van der Waals surface area contributed by atoms with E-state index in [9.17, 15) is 13.2 Å². The molecule has 1 aromatic heterocycles. The van der Waals surface area contributed by atoms with Gasteiger partial charge in [-0.2, -0.15) is 0 Å². The Morgan fingerprint density at radius 3 is 2.08 bits per heavy atom. The number of nitrogens with two attached hydrogens (primary N) is 1. The Kier molecular flexibility index (Phi) is 13.5. The zero-order valence-electron chi connectivity index (χ0n) is 13.5. The summed E-state index contributed by atoms with van der Waals surface area (Å²) in [7, 11) is -8.98. The number of thiophene rings is 1. The van der Waals surface area contributed by atoms with Crippen LogP contribution < -0.4 is 74.0 Å². The number of phosphoric acid groups is 1. The molecule has 0 amide bonds. The summed E-state index contributed by atoms with van der Waals surface area (Å²) < 4.78 is 31.3. The van der Waals surface area contributed by atoms with Crippen LogP contribution in [0.4, 0.5) is 0 Å². The van der Waals surface area contributed by atoms with Gasteiger partial charge in [0.05, 0.1) is 12.7 Å². The number of hydrogen-bond donors (Lipinski definition) is 2. The Morgan fingerprint density at radius 2 is 1.64 bits per heavy atom. The number of carbonyl (C=O) groups excluding carboxylic acids is 1. The number of carbonyl (C=O) groups is 1. The van der Waals surface area contributed by atoms with E-state index >= 15 is 0 Å². The summed E-state index contributed by atoms with van der Waals surface area (Å²) in [6, 6.07) is 10.5. The third kappa shape index (κ3) is 11.8. The van der Waals surface area contributed by atoms with E-state index in [-0.39, 0.29) is 81.1 Å². The maximum absolute atomic E-state index is 12.0. The summed E-state index contributed by atoms with van der Waals surface area (Å²) in [5.41, 5.74) is 0.844. The van der Waals surface area contributed by atoms with Gasteiger partial charge in [-0.15, -0.1) is 11.3 Å². The van der Waals surface area contributed by atoms with Crippen LogP contribution in [0.1, 0.15) is 15.2 Å². The second-order valence-electron chi connectivity index (χ2n) is 4.21. The fourth-order valence-electron chi connectivity index (χ4n) is 1.59. The van der Waals surface area contributed by atoms with Crippen molar-refractivity contribution in [2.45, 2.75) is 11.3 Å². The molecule has 2 aromatic rings. The molecule has 2 rings (SSSR count). The van der Waals surface area contributed by atoms with Crippen LogP contribution in [0.15, 0.2) is 46.7 Å². The summed E-state index contributed by atoms with van der Waals surface area (Å²) >= 11 is 1.10. The van der Waals surface area contributed by atoms with E-state index in [1.54, 1.807) is 5.38 Å².